The molecule has 112 valence electrons. The molecule has 21 heavy (non-hydrogen) atoms. The van der Waals surface area contributed by atoms with Crippen molar-refractivity contribution in [3.8, 4) is 0 Å². The van der Waals surface area contributed by atoms with Crippen molar-refractivity contribution in [3.05, 3.63) is 33.4 Å². The first-order chi connectivity index (χ1) is 10.1. The van der Waals surface area contributed by atoms with Gasteiger partial charge in [0.2, 0.25) is 0 Å². The first-order valence-electron chi connectivity index (χ1n) is 7.16. The van der Waals surface area contributed by atoms with Crippen molar-refractivity contribution in [2.45, 2.75) is 33.2 Å². The summed E-state index contributed by atoms with van der Waals surface area (Å²) in [4.78, 5) is 7.51. The van der Waals surface area contributed by atoms with E-state index in [2.05, 4.69) is 28.7 Å². The zero-order valence-electron chi connectivity index (χ0n) is 12.6. The smallest absolute Gasteiger partial charge is 0.159 e. The molecule has 0 radical (unpaired) electrons. The Morgan fingerprint density at radius 3 is 2.71 bits per heavy atom. The highest BCUT2D eigenvalue weighted by molar-refractivity contribution is 7.11. The summed E-state index contributed by atoms with van der Waals surface area (Å²) < 4.78 is 4.17. The molecule has 0 aliphatic rings. The number of halogens is 1. The second-order valence-electron chi connectivity index (χ2n) is 5.16. The van der Waals surface area contributed by atoms with Gasteiger partial charge in [-0.05, 0) is 25.5 Å². The van der Waals surface area contributed by atoms with Crippen molar-refractivity contribution in [1.82, 2.24) is 19.3 Å². The Bertz CT molecular complexity index is 768. The molecule has 0 saturated carbocycles. The third-order valence-corrected chi connectivity index (χ3v) is 5.07. The molecule has 0 bridgehead atoms. The normalized spacial score (nSPS) is 11.6. The first-order valence-corrected chi connectivity index (χ1v) is 8.51. The lowest BCUT2D eigenvalue weighted by atomic mass is 10.3. The summed E-state index contributed by atoms with van der Waals surface area (Å²) in [7, 11) is 1.98. The van der Waals surface area contributed by atoms with Crippen LogP contribution in [0.2, 0.25) is 0 Å². The van der Waals surface area contributed by atoms with E-state index in [4.69, 9.17) is 16.6 Å². The van der Waals surface area contributed by atoms with E-state index in [1.165, 1.54) is 9.75 Å². The van der Waals surface area contributed by atoms with Crippen molar-refractivity contribution in [1.29, 1.82) is 0 Å². The maximum absolute atomic E-state index is 5.94. The highest BCUT2D eigenvalue weighted by Gasteiger charge is 2.17. The van der Waals surface area contributed by atoms with Crippen LogP contribution in [-0.2, 0) is 26.4 Å². The van der Waals surface area contributed by atoms with Gasteiger partial charge in [-0.25, -0.2) is 4.98 Å². The van der Waals surface area contributed by atoms with Crippen LogP contribution < -0.4 is 0 Å². The summed E-state index contributed by atoms with van der Waals surface area (Å²) in [6, 6.07) is 4.42. The van der Waals surface area contributed by atoms with Gasteiger partial charge in [0.1, 0.15) is 11.3 Å². The van der Waals surface area contributed by atoms with E-state index in [0.29, 0.717) is 5.88 Å². The number of hydrogen-bond acceptors (Lipinski definition) is 3. The molecule has 0 aliphatic carbocycles. The Kier molecular flexibility index (Phi) is 4.04. The third-order valence-electron chi connectivity index (χ3n) is 3.67. The van der Waals surface area contributed by atoms with Gasteiger partial charge in [-0.15, -0.1) is 22.9 Å². The van der Waals surface area contributed by atoms with Gasteiger partial charge in [0.15, 0.2) is 5.65 Å². The molecule has 0 N–H and O–H groups in total. The molecular formula is C15H19ClN4S. The standard InChI is InChI=1S/C15H19ClN4S/c1-4-11-5-6-12(21-11)9-20-13(7-8-16)17-14-10(2)18-19(3)15(14)20/h5-6H,4,7-9H2,1-3H3. The third kappa shape index (κ3) is 2.60. The monoisotopic (exact) mass is 322 g/mol. The Morgan fingerprint density at radius 2 is 2.05 bits per heavy atom. The van der Waals surface area contributed by atoms with Crippen molar-refractivity contribution in [2.75, 3.05) is 5.88 Å². The van der Waals surface area contributed by atoms with Crippen molar-refractivity contribution in [3.63, 3.8) is 0 Å². The van der Waals surface area contributed by atoms with E-state index in [-0.39, 0.29) is 0 Å². The first kappa shape index (κ1) is 14.6. The van der Waals surface area contributed by atoms with E-state index in [1.54, 1.807) is 0 Å². The van der Waals surface area contributed by atoms with Gasteiger partial charge in [0.25, 0.3) is 0 Å². The molecule has 0 amide bonds. The van der Waals surface area contributed by atoms with Gasteiger partial charge in [-0.3, -0.25) is 4.68 Å². The van der Waals surface area contributed by atoms with Gasteiger partial charge in [-0.2, -0.15) is 5.10 Å². The highest BCUT2D eigenvalue weighted by Crippen LogP contribution is 2.24. The SMILES string of the molecule is CCc1ccc(Cn2c(CCCl)nc3c(C)nn(C)c32)s1. The predicted octanol–water partition coefficient (Wildman–Crippen LogP) is 3.53. The second-order valence-corrected chi connectivity index (χ2v) is 6.79. The molecule has 3 heterocycles. The molecule has 0 aromatic carbocycles. The number of thiophene rings is 1. The minimum Gasteiger partial charge on any atom is -0.308 e. The lowest BCUT2D eigenvalue weighted by Gasteiger charge is -2.07. The van der Waals surface area contributed by atoms with E-state index < -0.39 is 0 Å². The predicted molar refractivity (Wildman–Crippen MR) is 88.5 cm³/mol. The summed E-state index contributed by atoms with van der Waals surface area (Å²) >= 11 is 7.81. The number of alkyl halides is 1. The van der Waals surface area contributed by atoms with Gasteiger partial charge in [-0.1, -0.05) is 6.92 Å². The fourth-order valence-electron chi connectivity index (χ4n) is 2.67. The van der Waals surface area contributed by atoms with Crippen molar-refractivity contribution >= 4 is 34.1 Å². The average molecular weight is 323 g/mol. The van der Waals surface area contributed by atoms with Crippen LogP contribution in [0.1, 0.15) is 28.2 Å². The lowest BCUT2D eigenvalue weighted by Crippen LogP contribution is -2.08. The van der Waals surface area contributed by atoms with Gasteiger partial charge in [0, 0.05) is 29.1 Å². The van der Waals surface area contributed by atoms with E-state index >= 15 is 0 Å². The number of nitrogens with zero attached hydrogens (tertiary/aromatic N) is 4. The van der Waals surface area contributed by atoms with Crippen LogP contribution in [0.3, 0.4) is 0 Å². The van der Waals surface area contributed by atoms with Crippen molar-refractivity contribution in [2.24, 2.45) is 7.05 Å². The molecule has 3 aromatic heterocycles. The number of rotatable bonds is 5. The van der Waals surface area contributed by atoms with Crippen LogP contribution in [0.5, 0.6) is 0 Å². The Hall–Kier alpha value is -1.33. The van der Waals surface area contributed by atoms with E-state index in [9.17, 15) is 0 Å². The minimum atomic E-state index is 0.584. The maximum Gasteiger partial charge on any atom is 0.159 e. The zero-order chi connectivity index (χ0) is 15.0. The highest BCUT2D eigenvalue weighted by atomic mass is 35.5. The number of aromatic nitrogens is 4. The zero-order valence-corrected chi connectivity index (χ0v) is 14.1. The molecule has 3 rings (SSSR count). The summed E-state index contributed by atoms with van der Waals surface area (Å²) in [6.07, 6.45) is 1.87. The molecule has 0 fully saturated rings. The molecule has 0 atom stereocenters. The van der Waals surface area contributed by atoms with Crippen LogP contribution in [0.15, 0.2) is 12.1 Å². The maximum atomic E-state index is 5.94. The number of aryl methyl sites for hydroxylation is 4. The number of hydrogen-bond donors (Lipinski definition) is 0. The Morgan fingerprint density at radius 1 is 1.29 bits per heavy atom. The fourth-order valence-corrected chi connectivity index (χ4v) is 3.79. The van der Waals surface area contributed by atoms with E-state index in [0.717, 1.165) is 42.1 Å². The summed E-state index contributed by atoms with van der Waals surface area (Å²) in [5, 5.41) is 4.48. The van der Waals surface area contributed by atoms with Gasteiger partial charge >= 0.3 is 0 Å². The molecule has 0 unspecified atom stereocenters. The van der Waals surface area contributed by atoms with Crippen LogP contribution in [0.4, 0.5) is 0 Å². The fraction of sp³-hybridized carbons (Fsp3) is 0.467. The lowest BCUT2D eigenvalue weighted by molar-refractivity contribution is 0.696. The van der Waals surface area contributed by atoms with Crippen LogP contribution in [0, 0.1) is 6.92 Å². The average Bonchev–Trinajstić information content (AvgIpc) is 3.11. The van der Waals surface area contributed by atoms with Gasteiger partial charge < -0.3 is 4.57 Å². The molecule has 0 aliphatic heterocycles. The Balaban J connectivity index is 2.07. The second kappa shape index (κ2) is 5.81. The molecular weight excluding hydrogens is 304 g/mol. The number of imidazole rings is 1. The van der Waals surface area contributed by atoms with E-state index in [1.807, 2.05) is 30.0 Å². The molecule has 0 spiro atoms. The largest absolute Gasteiger partial charge is 0.308 e. The van der Waals surface area contributed by atoms with Crippen LogP contribution in [0.25, 0.3) is 11.2 Å². The van der Waals surface area contributed by atoms with Crippen LogP contribution in [-0.4, -0.2) is 25.2 Å². The Labute approximate surface area is 133 Å². The molecule has 3 aromatic rings. The topological polar surface area (TPSA) is 35.6 Å². The summed E-state index contributed by atoms with van der Waals surface area (Å²) in [6.45, 7) is 5.03. The van der Waals surface area contributed by atoms with Crippen LogP contribution >= 0.6 is 22.9 Å². The molecule has 0 saturated heterocycles. The molecule has 6 heteroatoms. The van der Waals surface area contributed by atoms with Crippen molar-refractivity contribution < 1.29 is 0 Å². The summed E-state index contributed by atoms with van der Waals surface area (Å²) in [5.41, 5.74) is 3.05. The minimum absolute atomic E-state index is 0.584. The molecule has 4 nitrogen and oxygen atoms in total. The number of fused-ring (bicyclic) bond motifs is 1. The summed E-state index contributed by atoms with van der Waals surface area (Å²) in [5.74, 6) is 1.63. The quantitative estimate of drug-likeness (QED) is 0.674. The van der Waals surface area contributed by atoms with Gasteiger partial charge in [0.05, 0.1) is 12.2 Å².